The molecule has 29 heavy (non-hydrogen) atoms. The summed E-state index contributed by atoms with van der Waals surface area (Å²) in [5, 5.41) is 2.81. The zero-order valence-corrected chi connectivity index (χ0v) is 17.2. The summed E-state index contributed by atoms with van der Waals surface area (Å²) in [7, 11) is 1.61. The molecule has 3 rings (SSSR count). The van der Waals surface area contributed by atoms with E-state index in [1.807, 2.05) is 42.5 Å². The molecule has 7 nitrogen and oxygen atoms in total. The molecule has 0 spiro atoms. The van der Waals surface area contributed by atoms with E-state index in [1.54, 1.807) is 7.11 Å². The van der Waals surface area contributed by atoms with Gasteiger partial charge < -0.3 is 19.9 Å². The van der Waals surface area contributed by atoms with Gasteiger partial charge in [-0.1, -0.05) is 32.0 Å². The van der Waals surface area contributed by atoms with E-state index in [0.29, 0.717) is 17.6 Å². The Balaban J connectivity index is 1.76. The SMILES string of the molecule is CCN(CC)CCc1ccc2[nH]c(=O)n(C(=O)NCc3ccc(OC)cc3)c2c1. The molecule has 0 fully saturated rings. The zero-order valence-electron chi connectivity index (χ0n) is 17.2. The third-order valence-electron chi connectivity index (χ3n) is 5.16. The molecule has 0 saturated heterocycles. The Bertz CT molecular complexity index is 1020. The largest absolute Gasteiger partial charge is 0.497 e. The summed E-state index contributed by atoms with van der Waals surface area (Å²) in [5.41, 5.74) is 2.83. The molecule has 1 aromatic heterocycles. The highest BCUT2D eigenvalue weighted by Gasteiger charge is 2.14. The Morgan fingerprint density at radius 3 is 2.45 bits per heavy atom. The van der Waals surface area contributed by atoms with Crippen LogP contribution in [0.1, 0.15) is 25.0 Å². The monoisotopic (exact) mass is 396 g/mol. The van der Waals surface area contributed by atoms with Gasteiger partial charge >= 0.3 is 11.7 Å². The first-order valence-electron chi connectivity index (χ1n) is 9.92. The van der Waals surface area contributed by atoms with Gasteiger partial charge in [0.15, 0.2) is 0 Å². The number of carbonyl (C=O) groups is 1. The molecule has 0 aliphatic carbocycles. The summed E-state index contributed by atoms with van der Waals surface area (Å²) in [5.74, 6) is 0.755. The number of amides is 1. The fourth-order valence-electron chi connectivity index (χ4n) is 3.33. The number of carbonyl (C=O) groups excluding carboxylic acids is 1. The lowest BCUT2D eigenvalue weighted by Crippen LogP contribution is -2.34. The van der Waals surface area contributed by atoms with Crippen molar-refractivity contribution in [2.45, 2.75) is 26.8 Å². The van der Waals surface area contributed by atoms with Crippen LogP contribution in [0.4, 0.5) is 4.79 Å². The lowest BCUT2D eigenvalue weighted by Gasteiger charge is -2.17. The van der Waals surface area contributed by atoms with Crippen molar-refractivity contribution in [3.05, 3.63) is 64.1 Å². The van der Waals surface area contributed by atoms with Gasteiger partial charge in [0.2, 0.25) is 0 Å². The number of hydrogen-bond donors (Lipinski definition) is 2. The van der Waals surface area contributed by atoms with Gasteiger partial charge in [-0.25, -0.2) is 14.2 Å². The van der Waals surface area contributed by atoms with Crippen LogP contribution in [0.5, 0.6) is 5.75 Å². The Kier molecular flexibility index (Phi) is 6.72. The molecule has 2 aromatic carbocycles. The molecule has 0 saturated carbocycles. The third-order valence-corrected chi connectivity index (χ3v) is 5.16. The lowest BCUT2D eigenvalue weighted by atomic mass is 10.1. The number of imidazole rings is 1. The van der Waals surface area contributed by atoms with Crippen LogP contribution in [-0.4, -0.2) is 47.2 Å². The van der Waals surface area contributed by atoms with Crippen molar-refractivity contribution < 1.29 is 9.53 Å². The third kappa shape index (κ3) is 4.86. The van der Waals surface area contributed by atoms with Crippen molar-refractivity contribution in [1.82, 2.24) is 19.8 Å². The van der Waals surface area contributed by atoms with Crippen LogP contribution in [0.3, 0.4) is 0 Å². The highest BCUT2D eigenvalue weighted by Crippen LogP contribution is 2.15. The average molecular weight is 396 g/mol. The van der Waals surface area contributed by atoms with Gasteiger partial charge in [0.05, 0.1) is 18.1 Å². The molecule has 0 aliphatic rings. The number of aromatic nitrogens is 2. The van der Waals surface area contributed by atoms with Crippen LogP contribution in [-0.2, 0) is 13.0 Å². The fourth-order valence-corrected chi connectivity index (χ4v) is 3.33. The van der Waals surface area contributed by atoms with Gasteiger partial charge in [-0.05, 0) is 54.9 Å². The highest BCUT2D eigenvalue weighted by molar-refractivity contribution is 5.89. The van der Waals surface area contributed by atoms with E-state index >= 15 is 0 Å². The summed E-state index contributed by atoms with van der Waals surface area (Å²) in [4.78, 5) is 30.2. The molecule has 7 heteroatoms. The topological polar surface area (TPSA) is 79.4 Å². The van der Waals surface area contributed by atoms with Gasteiger partial charge in [0.1, 0.15) is 5.75 Å². The minimum Gasteiger partial charge on any atom is -0.497 e. The molecule has 1 heterocycles. The standard InChI is InChI=1S/C22H28N4O3/c1-4-25(5-2)13-12-16-8-11-19-20(14-16)26(22(28)24-19)21(27)23-15-17-6-9-18(29-3)10-7-17/h6-11,14H,4-5,12-13,15H2,1-3H3,(H,23,27)(H,24,28). The number of benzene rings is 2. The van der Waals surface area contributed by atoms with Crippen LogP contribution in [0.2, 0.25) is 0 Å². The Hall–Kier alpha value is -3.06. The van der Waals surface area contributed by atoms with Crippen LogP contribution < -0.4 is 15.7 Å². The van der Waals surface area contributed by atoms with Crippen molar-refractivity contribution in [3.8, 4) is 5.75 Å². The van der Waals surface area contributed by atoms with Gasteiger partial charge in [-0.2, -0.15) is 0 Å². The molecule has 0 unspecified atom stereocenters. The number of nitrogens with zero attached hydrogens (tertiary/aromatic N) is 2. The number of hydrogen-bond acceptors (Lipinski definition) is 4. The molecule has 154 valence electrons. The first kappa shape index (κ1) is 20.7. The maximum absolute atomic E-state index is 12.7. The number of likely N-dealkylation sites (N-methyl/N-ethyl adjacent to an activating group) is 1. The quantitative estimate of drug-likeness (QED) is 0.614. The van der Waals surface area contributed by atoms with Crippen LogP contribution in [0.25, 0.3) is 11.0 Å². The number of rotatable bonds is 8. The maximum Gasteiger partial charge on any atom is 0.334 e. The van der Waals surface area contributed by atoms with Crippen molar-refractivity contribution >= 4 is 17.1 Å². The first-order valence-corrected chi connectivity index (χ1v) is 9.92. The van der Waals surface area contributed by atoms with E-state index < -0.39 is 11.7 Å². The summed E-state index contributed by atoms with van der Waals surface area (Å²) >= 11 is 0. The van der Waals surface area contributed by atoms with E-state index in [4.69, 9.17) is 4.74 Å². The number of ether oxygens (including phenoxy) is 1. The van der Waals surface area contributed by atoms with E-state index in [9.17, 15) is 9.59 Å². The molecule has 0 bridgehead atoms. The maximum atomic E-state index is 12.7. The second kappa shape index (κ2) is 9.43. The highest BCUT2D eigenvalue weighted by atomic mass is 16.5. The van der Waals surface area contributed by atoms with Crippen LogP contribution >= 0.6 is 0 Å². The average Bonchev–Trinajstić information content (AvgIpc) is 3.08. The van der Waals surface area contributed by atoms with E-state index in [2.05, 4.69) is 29.0 Å². The molecule has 0 aliphatic heterocycles. The lowest BCUT2D eigenvalue weighted by molar-refractivity contribution is 0.242. The minimum atomic E-state index is -0.446. The van der Waals surface area contributed by atoms with Crippen molar-refractivity contribution in [1.29, 1.82) is 0 Å². The molecular formula is C22H28N4O3. The van der Waals surface area contributed by atoms with Gasteiger partial charge in [0, 0.05) is 13.1 Å². The molecular weight excluding hydrogens is 368 g/mol. The summed E-state index contributed by atoms with van der Waals surface area (Å²) in [6, 6.07) is 12.8. The number of nitrogens with one attached hydrogen (secondary N) is 2. The van der Waals surface area contributed by atoms with Gasteiger partial charge in [-0.3, -0.25) is 0 Å². The van der Waals surface area contributed by atoms with Crippen LogP contribution in [0.15, 0.2) is 47.3 Å². The smallest absolute Gasteiger partial charge is 0.334 e. The summed E-state index contributed by atoms with van der Waals surface area (Å²) in [6.07, 6.45) is 0.866. The molecule has 2 N–H and O–H groups in total. The second-order valence-electron chi connectivity index (χ2n) is 6.90. The Labute approximate surface area is 170 Å². The zero-order chi connectivity index (χ0) is 20.8. The van der Waals surface area contributed by atoms with Gasteiger partial charge in [-0.15, -0.1) is 0 Å². The Morgan fingerprint density at radius 2 is 1.79 bits per heavy atom. The van der Waals surface area contributed by atoms with E-state index in [-0.39, 0.29) is 0 Å². The fraction of sp³-hybridized carbons (Fsp3) is 0.364. The minimum absolute atomic E-state index is 0.323. The molecule has 0 atom stereocenters. The Morgan fingerprint density at radius 1 is 1.10 bits per heavy atom. The first-order chi connectivity index (χ1) is 14.0. The number of fused-ring (bicyclic) bond motifs is 1. The predicted molar refractivity (Wildman–Crippen MR) is 115 cm³/mol. The van der Waals surface area contributed by atoms with Crippen molar-refractivity contribution in [2.75, 3.05) is 26.7 Å². The van der Waals surface area contributed by atoms with E-state index in [0.717, 1.165) is 42.9 Å². The predicted octanol–water partition coefficient (Wildman–Crippen LogP) is 2.98. The number of aromatic amines is 1. The molecule has 1 amide bonds. The second-order valence-corrected chi connectivity index (χ2v) is 6.90. The van der Waals surface area contributed by atoms with Crippen molar-refractivity contribution in [3.63, 3.8) is 0 Å². The molecule has 0 radical (unpaired) electrons. The van der Waals surface area contributed by atoms with Gasteiger partial charge in [0.25, 0.3) is 0 Å². The molecule has 3 aromatic rings. The number of methoxy groups -OCH3 is 1. The summed E-state index contributed by atoms with van der Waals surface area (Å²) < 4.78 is 6.30. The number of H-pyrrole nitrogens is 1. The van der Waals surface area contributed by atoms with Crippen molar-refractivity contribution in [2.24, 2.45) is 0 Å². The summed E-state index contributed by atoms with van der Waals surface area (Å²) in [6.45, 7) is 7.55. The van der Waals surface area contributed by atoms with E-state index in [1.165, 1.54) is 4.57 Å². The normalized spacial score (nSPS) is 11.2. The van der Waals surface area contributed by atoms with Crippen LogP contribution in [0, 0.1) is 0 Å².